The van der Waals surface area contributed by atoms with Crippen LogP contribution in [0.2, 0.25) is 0 Å². The molecule has 1 nitrogen and oxygen atoms in total. The minimum absolute atomic E-state index is 0.678. The van der Waals surface area contributed by atoms with Crippen LogP contribution in [0.25, 0.3) is 0 Å². The Morgan fingerprint density at radius 3 is 2.44 bits per heavy atom. The zero-order valence-corrected chi connectivity index (χ0v) is 6.83. The summed E-state index contributed by atoms with van der Waals surface area (Å²) in [5, 5.41) is 0.678. The maximum atomic E-state index is 5.18. The van der Waals surface area contributed by atoms with Crippen LogP contribution < -0.4 is 4.74 Å². The molecular formula is C7H7AsO. The van der Waals surface area contributed by atoms with E-state index in [0.717, 1.165) is 5.75 Å². The van der Waals surface area contributed by atoms with Gasteiger partial charge in [-0.2, -0.15) is 0 Å². The number of rotatable bonds is 2. The van der Waals surface area contributed by atoms with Crippen molar-refractivity contribution in [1.29, 1.82) is 0 Å². The minimum atomic E-state index is 0.678. The van der Waals surface area contributed by atoms with Gasteiger partial charge in [-0.05, 0) is 0 Å². The molecule has 0 unspecified atom stereocenters. The van der Waals surface area contributed by atoms with Crippen LogP contribution in [0, 0.1) is 0 Å². The van der Waals surface area contributed by atoms with Gasteiger partial charge in [0.1, 0.15) is 0 Å². The van der Waals surface area contributed by atoms with E-state index in [1.54, 1.807) is 0 Å². The summed E-state index contributed by atoms with van der Waals surface area (Å²) in [4.78, 5) is 0. The molecule has 0 aliphatic rings. The van der Waals surface area contributed by atoms with Gasteiger partial charge in [0.15, 0.2) is 0 Å². The predicted octanol–water partition coefficient (Wildman–Crippen LogP) is 1.19. The van der Waals surface area contributed by atoms with Crippen LogP contribution in [-0.4, -0.2) is 22.2 Å². The van der Waals surface area contributed by atoms with E-state index >= 15 is 0 Å². The molecule has 0 amide bonds. The topological polar surface area (TPSA) is 9.23 Å². The molecule has 0 N–H and O–H groups in total. The zero-order valence-electron chi connectivity index (χ0n) is 4.95. The van der Waals surface area contributed by atoms with Crippen molar-refractivity contribution in [2.45, 2.75) is 0 Å². The van der Waals surface area contributed by atoms with E-state index in [2.05, 4.69) is 16.9 Å². The van der Waals surface area contributed by atoms with E-state index in [-0.39, 0.29) is 0 Å². The van der Waals surface area contributed by atoms with Crippen molar-refractivity contribution in [1.82, 2.24) is 0 Å². The summed E-state index contributed by atoms with van der Waals surface area (Å²) >= 11 is 2.37. The molecule has 1 aromatic rings. The van der Waals surface area contributed by atoms with Crippen LogP contribution in [0.15, 0.2) is 30.3 Å². The van der Waals surface area contributed by atoms with Crippen molar-refractivity contribution >= 4 is 16.9 Å². The second-order valence-electron chi connectivity index (χ2n) is 1.59. The molecule has 0 fully saturated rings. The van der Waals surface area contributed by atoms with E-state index in [4.69, 9.17) is 4.74 Å². The summed E-state index contributed by atoms with van der Waals surface area (Å²) in [5.41, 5.74) is 0. The summed E-state index contributed by atoms with van der Waals surface area (Å²) in [6, 6.07) is 9.76. The van der Waals surface area contributed by atoms with Gasteiger partial charge in [-0.15, -0.1) is 0 Å². The van der Waals surface area contributed by atoms with E-state index in [9.17, 15) is 0 Å². The molecule has 0 aliphatic carbocycles. The Morgan fingerprint density at radius 2 is 1.89 bits per heavy atom. The van der Waals surface area contributed by atoms with Crippen molar-refractivity contribution in [3.63, 3.8) is 0 Å². The molecule has 0 bridgehead atoms. The van der Waals surface area contributed by atoms with E-state index < -0.39 is 0 Å². The van der Waals surface area contributed by atoms with Crippen molar-refractivity contribution in [2.75, 3.05) is 5.39 Å². The van der Waals surface area contributed by atoms with Crippen molar-refractivity contribution in [3.8, 4) is 5.75 Å². The normalized spacial score (nSPS) is 9.00. The fourth-order valence-electron chi connectivity index (χ4n) is 0.591. The SMILES string of the molecule is [As]COc1ccccc1. The van der Waals surface area contributed by atoms with Gasteiger partial charge in [0.25, 0.3) is 0 Å². The van der Waals surface area contributed by atoms with Crippen LogP contribution in [0.1, 0.15) is 0 Å². The third-order valence-corrected chi connectivity index (χ3v) is 1.25. The Bertz CT molecular complexity index is 162. The fourth-order valence-corrected chi connectivity index (χ4v) is 0.904. The summed E-state index contributed by atoms with van der Waals surface area (Å²) < 4.78 is 5.18. The molecule has 0 atom stereocenters. The summed E-state index contributed by atoms with van der Waals surface area (Å²) in [6.45, 7) is 0. The number of benzene rings is 1. The first-order valence-electron chi connectivity index (χ1n) is 2.72. The molecule has 1 rings (SSSR count). The maximum absolute atomic E-state index is 5.18. The van der Waals surface area contributed by atoms with Gasteiger partial charge in [0.2, 0.25) is 0 Å². The average molecular weight is 182 g/mol. The van der Waals surface area contributed by atoms with Crippen molar-refractivity contribution in [2.24, 2.45) is 0 Å². The van der Waals surface area contributed by atoms with E-state index in [0.29, 0.717) is 5.39 Å². The van der Waals surface area contributed by atoms with Gasteiger partial charge >= 0.3 is 63.1 Å². The van der Waals surface area contributed by atoms with Crippen LogP contribution >= 0.6 is 0 Å². The van der Waals surface area contributed by atoms with Gasteiger partial charge in [-0.25, -0.2) is 0 Å². The summed E-state index contributed by atoms with van der Waals surface area (Å²) in [6.07, 6.45) is 0. The third-order valence-electron chi connectivity index (χ3n) is 0.974. The molecule has 0 saturated heterocycles. The van der Waals surface area contributed by atoms with Gasteiger partial charge < -0.3 is 0 Å². The Kier molecular flexibility index (Phi) is 2.66. The number of hydrogen-bond donors (Lipinski definition) is 0. The molecule has 0 spiro atoms. The Labute approximate surface area is 63.5 Å². The fraction of sp³-hybridized carbons (Fsp3) is 0.143. The first-order valence-corrected chi connectivity index (χ1v) is 4.05. The van der Waals surface area contributed by atoms with Crippen LogP contribution in [0.5, 0.6) is 5.75 Å². The quantitative estimate of drug-likeness (QED) is 0.624. The zero-order chi connectivity index (χ0) is 6.53. The Balaban J connectivity index is 2.61. The Hall–Kier alpha value is -0.422. The summed E-state index contributed by atoms with van der Waals surface area (Å²) in [7, 11) is 0. The van der Waals surface area contributed by atoms with E-state index in [1.165, 1.54) is 0 Å². The molecule has 46 valence electrons. The van der Waals surface area contributed by atoms with Crippen molar-refractivity contribution < 1.29 is 4.74 Å². The van der Waals surface area contributed by atoms with Gasteiger partial charge in [-0.3, -0.25) is 0 Å². The number of para-hydroxylation sites is 1. The number of ether oxygens (including phenoxy) is 1. The molecule has 0 aliphatic heterocycles. The molecular weight excluding hydrogens is 175 g/mol. The third kappa shape index (κ3) is 2.11. The molecule has 0 heterocycles. The van der Waals surface area contributed by atoms with E-state index in [1.807, 2.05) is 30.3 Å². The summed E-state index contributed by atoms with van der Waals surface area (Å²) in [5.74, 6) is 0.929. The van der Waals surface area contributed by atoms with Crippen LogP contribution in [0.3, 0.4) is 0 Å². The molecule has 9 heavy (non-hydrogen) atoms. The van der Waals surface area contributed by atoms with Gasteiger partial charge in [-0.1, -0.05) is 0 Å². The molecule has 0 saturated carbocycles. The molecule has 2 radical (unpaired) electrons. The van der Waals surface area contributed by atoms with Crippen LogP contribution in [0.4, 0.5) is 0 Å². The number of hydrogen-bond acceptors (Lipinski definition) is 1. The van der Waals surface area contributed by atoms with Crippen LogP contribution in [-0.2, 0) is 0 Å². The molecule has 2 heteroatoms. The monoisotopic (exact) mass is 182 g/mol. The molecule has 0 aromatic heterocycles. The molecule has 1 aromatic carbocycles. The second kappa shape index (κ2) is 3.57. The first-order chi connectivity index (χ1) is 4.43. The standard InChI is InChI=1S/C7H7AsO/c8-6-9-7-4-2-1-3-5-7/h1-5H,6H2. The van der Waals surface area contributed by atoms with Gasteiger partial charge in [0, 0.05) is 0 Å². The average Bonchev–Trinajstić information content (AvgIpc) is 1.91. The predicted molar refractivity (Wildman–Crippen MR) is 37.7 cm³/mol. The van der Waals surface area contributed by atoms with Crippen molar-refractivity contribution in [3.05, 3.63) is 30.3 Å². The first kappa shape index (κ1) is 6.70. The van der Waals surface area contributed by atoms with Gasteiger partial charge in [0.05, 0.1) is 0 Å². The second-order valence-corrected chi connectivity index (χ2v) is 2.13. The Morgan fingerprint density at radius 1 is 1.22 bits per heavy atom.